The standard InChI is InChI=1S/C24H32FN3O5S/c1-5-6-15-26-24(30)18(2)27(16-19-7-13-22(33-3)14-8-19)23(29)17-28(34(4,31)32)21-11-9-20(25)10-12-21/h7-14,18H,5-6,15-17H2,1-4H3,(H,26,30)/t18-/m0/s1. The van der Waals surface area contributed by atoms with Crippen LogP contribution in [-0.2, 0) is 26.2 Å². The number of carbonyl (C=O) groups excluding carboxylic acids is 2. The summed E-state index contributed by atoms with van der Waals surface area (Å²) >= 11 is 0. The minimum absolute atomic E-state index is 0.0895. The van der Waals surface area contributed by atoms with E-state index in [2.05, 4.69) is 5.32 Å². The van der Waals surface area contributed by atoms with Crippen molar-refractivity contribution >= 4 is 27.5 Å². The van der Waals surface area contributed by atoms with Gasteiger partial charge in [0.05, 0.1) is 19.1 Å². The number of anilines is 1. The highest BCUT2D eigenvalue weighted by Gasteiger charge is 2.30. The molecule has 8 nitrogen and oxygen atoms in total. The third-order valence-corrected chi connectivity index (χ3v) is 6.44. The van der Waals surface area contributed by atoms with E-state index >= 15 is 0 Å². The Morgan fingerprint density at radius 1 is 1.09 bits per heavy atom. The summed E-state index contributed by atoms with van der Waals surface area (Å²) in [5.41, 5.74) is 0.900. The number of halogens is 1. The molecule has 0 fully saturated rings. The molecule has 2 rings (SSSR count). The molecule has 34 heavy (non-hydrogen) atoms. The predicted molar refractivity (Wildman–Crippen MR) is 130 cm³/mol. The monoisotopic (exact) mass is 493 g/mol. The Kier molecular flexibility index (Phi) is 9.85. The van der Waals surface area contributed by atoms with Crippen molar-refractivity contribution in [2.45, 2.75) is 39.3 Å². The van der Waals surface area contributed by atoms with Crippen molar-refractivity contribution < 1.29 is 27.1 Å². The van der Waals surface area contributed by atoms with Crippen LogP contribution in [0.15, 0.2) is 48.5 Å². The maximum absolute atomic E-state index is 13.4. The summed E-state index contributed by atoms with van der Waals surface area (Å²) in [6.45, 7) is 3.64. The number of hydrogen-bond acceptors (Lipinski definition) is 5. The molecule has 2 aromatic rings. The first-order valence-electron chi connectivity index (χ1n) is 11.0. The lowest BCUT2D eigenvalue weighted by Gasteiger charge is -2.31. The van der Waals surface area contributed by atoms with Gasteiger partial charge in [-0.05, 0) is 55.3 Å². The summed E-state index contributed by atoms with van der Waals surface area (Å²) < 4.78 is 44.3. The Morgan fingerprint density at radius 3 is 2.24 bits per heavy atom. The summed E-state index contributed by atoms with van der Waals surface area (Å²) in [6, 6.07) is 11.0. The van der Waals surface area contributed by atoms with Crippen LogP contribution in [0.3, 0.4) is 0 Å². The first-order valence-corrected chi connectivity index (χ1v) is 12.8. The van der Waals surface area contributed by atoms with Crippen molar-refractivity contribution in [1.29, 1.82) is 0 Å². The summed E-state index contributed by atoms with van der Waals surface area (Å²) in [5, 5.41) is 2.82. The van der Waals surface area contributed by atoms with E-state index in [0.29, 0.717) is 12.3 Å². The number of ether oxygens (including phenoxy) is 1. The highest BCUT2D eigenvalue weighted by molar-refractivity contribution is 7.92. The van der Waals surface area contributed by atoms with Crippen LogP contribution in [0.1, 0.15) is 32.3 Å². The molecular weight excluding hydrogens is 461 g/mol. The van der Waals surface area contributed by atoms with Crippen molar-refractivity contribution in [3.8, 4) is 5.75 Å². The maximum atomic E-state index is 13.4. The van der Waals surface area contributed by atoms with Crippen LogP contribution in [0.2, 0.25) is 0 Å². The van der Waals surface area contributed by atoms with Gasteiger partial charge in [0.25, 0.3) is 0 Å². The average Bonchev–Trinajstić information content (AvgIpc) is 2.81. The quantitative estimate of drug-likeness (QED) is 0.459. The number of amides is 2. The first-order chi connectivity index (χ1) is 16.1. The van der Waals surface area contributed by atoms with Crippen LogP contribution in [0.4, 0.5) is 10.1 Å². The predicted octanol–water partition coefficient (Wildman–Crippen LogP) is 2.93. The number of carbonyl (C=O) groups is 2. The van der Waals surface area contributed by atoms with Gasteiger partial charge in [0, 0.05) is 13.1 Å². The Labute approximate surface area is 200 Å². The second kappa shape index (κ2) is 12.4. The van der Waals surface area contributed by atoms with Gasteiger partial charge in [-0.2, -0.15) is 0 Å². The van der Waals surface area contributed by atoms with E-state index < -0.39 is 34.3 Å². The molecule has 0 aliphatic rings. The highest BCUT2D eigenvalue weighted by Crippen LogP contribution is 2.20. The number of hydrogen-bond donors (Lipinski definition) is 1. The Hall–Kier alpha value is -3.14. The van der Waals surface area contributed by atoms with Crippen LogP contribution < -0.4 is 14.4 Å². The topological polar surface area (TPSA) is 96.0 Å². The van der Waals surface area contributed by atoms with Crippen LogP contribution in [0.25, 0.3) is 0 Å². The Balaban J connectivity index is 2.32. The highest BCUT2D eigenvalue weighted by atomic mass is 32.2. The molecule has 0 heterocycles. The van der Waals surface area contributed by atoms with Crippen LogP contribution in [0.5, 0.6) is 5.75 Å². The fourth-order valence-corrected chi connectivity index (χ4v) is 4.12. The zero-order valence-electron chi connectivity index (χ0n) is 20.0. The van der Waals surface area contributed by atoms with Crippen molar-refractivity contribution in [2.75, 3.05) is 30.8 Å². The molecule has 186 valence electrons. The minimum atomic E-state index is -3.86. The summed E-state index contributed by atoms with van der Waals surface area (Å²) in [7, 11) is -2.31. The second-order valence-electron chi connectivity index (χ2n) is 7.94. The van der Waals surface area contributed by atoms with E-state index in [-0.39, 0.29) is 18.1 Å². The maximum Gasteiger partial charge on any atom is 0.244 e. The van der Waals surface area contributed by atoms with Crippen LogP contribution >= 0.6 is 0 Å². The zero-order chi connectivity index (χ0) is 25.3. The van der Waals surface area contributed by atoms with E-state index in [9.17, 15) is 22.4 Å². The fourth-order valence-electron chi connectivity index (χ4n) is 3.27. The molecule has 2 amide bonds. The molecule has 0 saturated heterocycles. The van der Waals surface area contributed by atoms with Crippen molar-refractivity contribution in [3.63, 3.8) is 0 Å². The molecule has 0 bridgehead atoms. The van der Waals surface area contributed by atoms with E-state index in [0.717, 1.165) is 41.1 Å². The third-order valence-electron chi connectivity index (χ3n) is 5.30. The van der Waals surface area contributed by atoms with Crippen molar-refractivity contribution in [2.24, 2.45) is 0 Å². The Bertz CT molecular complexity index is 1060. The first kappa shape index (κ1) is 27.1. The van der Waals surface area contributed by atoms with Gasteiger partial charge in [-0.15, -0.1) is 0 Å². The lowest BCUT2D eigenvalue weighted by Crippen LogP contribution is -2.51. The SMILES string of the molecule is CCCCNC(=O)[C@H](C)N(Cc1ccc(OC)cc1)C(=O)CN(c1ccc(F)cc1)S(C)(=O)=O. The lowest BCUT2D eigenvalue weighted by molar-refractivity contribution is -0.139. The van der Waals surface area contributed by atoms with Crippen molar-refractivity contribution in [1.82, 2.24) is 10.2 Å². The number of sulfonamides is 1. The molecule has 10 heteroatoms. The van der Waals surface area contributed by atoms with E-state index in [4.69, 9.17) is 4.74 Å². The molecule has 0 aliphatic carbocycles. The van der Waals surface area contributed by atoms with E-state index in [1.165, 1.54) is 17.0 Å². The number of unbranched alkanes of at least 4 members (excludes halogenated alkanes) is 1. The molecule has 1 atom stereocenters. The molecule has 1 N–H and O–H groups in total. The van der Waals surface area contributed by atoms with Crippen LogP contribution in [0, 0.1) is 5.82 Å². The Morgan fingerprint density at radius 2 is 1.71 bits per heavy atom. The van der Waals surface area contributed by atoms with Gasteiger partial charge in [0.1, 0.15) is 24.2 Å². The fraction of sp³-hybridized carbons (Fsp3) is 0.417. The average molecular weight is 494 g/mol. The number of rotatable bonds is 12. The summed E-state index contributed by atoms with van der Waals surface area (Å²) in [5.74, 6) is -0.778. The summed E-state index contributed by atoms with van der Waals surface area (Å²) in [4.78, 5) is 27.5. The smallest absolute Gasteiger partial charge is 0.244 e. The van der Waals surface area contributed by atoms with Gasteiger partial charge in [-0.25, -0.2) is 12.8 Å². The van der Waals surface area contributed by atoms with Gasteiger partial charge in [-0.1, -0.05) is 25.5 Å². The number of methoxy groups -OCH3 is 1. The molecule has 0 spiro atoms. The van der Waals surface area contributed by atoms with Crippen LogP contribution in [-0.4, -0.2) is 57.6 Å². The van der Waals surface area contributed by atoms with Gasteiger partial charge in [0.15, 0.2) is 0 Å². The molecule has 0 saturated carbocycles. The molecule has 2 aromatic carbocycles. The lowest BCUT2D eigenvalue weighted by atomic mass is 10.1. The molecule has 0 unspecified atom stereocenters. The minimum Gasteiger partial charge on any atom is -0.497 e. The number of nitrogens with zero attached hydrogens (tertiary/aromatic N) is 2. The normalized spacial score (nSPS) is 12.0. The largest absolute Gasteiger partial charge is 0.497 e. The number of nitrogens with one attached hydrogen (secondary N) is 1. The zero-order valence-corrected chi connectivity index (χ0v) is 20.8. The molecule has 0 aliphatic heterocycles. The van der Waals surface area contributed by atoms with E-state index in [1.807, 2.05) is 6.92 Å². The van der Waals surface area contributed by atoms with Gasteiger partial charge < -0.3 is 15.0 Å². The third kappa shape index (κ3) is 7.72. The molecule has 0 radical (unpaired) electrons. The van der Waals surface area contributed by atoms with Gasteiger partial charge >= 0.3 is 0 Å². The van der Waals surface area contributed by atoms with Gasteiger partial charge in [0.2, 0.25) is 21.8 Å². The second-order valence-corrected chi connectivity index (χ2v) is 9.84. The van der Waals surface area contributed by atoms with Gasteiger partial charge in [-0.3, -0.25) is 13.9 Å². The van der Waals surface area contributed by atoms with E-state index in [1.54, 1.807) is 38.3 Å². The number of benzene rings is 2. The van der Waals surface area contributed by atoms with Crippen molar-refractivity contribution in [3.05, 3.63) is 59.9 Å². The molecule has 0 aromatic heterocycles. The summed E-state index contributed by atoms with van der Waals surface area (Å²) in [6.07, 6.45) is 2.68. The molecular formula is C24H32FN3O5S.